The van der Waals surface area contributed by atoms with Crippen LogP contribution in [0.3, 0.4) is 0 Å². The van der Waals surface area contributed by atoms with E-state index in [1.165, 1.54) is 19.3 Å². The van der Waals surface area contributed by atoms with E-state index >= 15 is 0 Å². The smallest absolute Gasteiger partial charge is 0.222 e. The second-order valence-electron chi connectivity index (χ2n) is 4.27. The molecular weight excluding hydrogens is 188 g/mol. The van der Waals surface area contributed by atoms with E-state index in [-0.39, 0.29) is 5.91 Å². The van der Waals surface area contributed by atoms with E-state index in [4.69, 9.17) is 6.42 Å². The molecule has 0 aliphatic heterocycles. The molecule has 2 N–H and O–H groups in total. The largest absolute Gasteiger partial charge is 0.345 e. The number of hydrogen-bond acceptors (Lipinski definition) is 2. The zero-order valence-corrected chi connectivity index (χ0v) is 9.38. The molecule has 0 radical (unpaired) electrons. The minimum Gasteiger partial charge on any atom is -0.345 e. The van der Waals surface area contributed by atoms with Gasteiger partial charge in [0.25, 0.3) is 0 Å². The van der Waals surface area contributed by atoms with Crippen molar-refractivity contribution in [2.45, 2.75) is 38.6 Å². The van der Waals surface area contributed by atoms with E-state index < -0.39 is 0 Å². The van der Waals surface area contributed by atoms with E-state index in [1.807, 2.05) is 0 Å². The van der Waals surface area contributed by atoms with Crippen molar-refractivity contribution in [1.29, 1.82) is 0 Å². The Morgan fingerprint density at radius 3 is 2.93 bits per heavy atom. The molecule has 1 aliphatic carbocycles. The summed E-state index contributed by atoms with van der Waals surface area (Å²) in [6.07, 6.45) is 9.55. The molecule has 3 heteroatoms. The highest BCUT2D eigenvalue weighted by molar-refractivity contribution is 5.76. The van der Waals surface area contributed by atoms with E-state index in [1.54, 1.807) is 0 Å². The van der Waals surface area contributed by atoms with Crippen molar-refractivity contribution in [3.05, 3.63) is 0 Å². The summed E-state index contributed by atoms with van der Waals surface area (Å²) in [4.78, 5) is 11.2. The Kier molecular flexibility index (Phi) is 5.20. The molecule has 0 aromatic rings. The average molecular weight is 208 g/mol. The number of rotatable bonds is 7. The van der Waals surface area contributed by atoms with Crippen molar-refractivity contribution in [2.75, 3.05) is 13.1 Å². The first-order chi connectivity index (χ1) is 7.22. The maximum absolute atomic E-state index is 11.2. The number of carbonyl (C=O) groups is 1. The van der Waals surface area contributed by atoms with Crippen molar-refractivity contribution in [3.8, 4) is 12.3 Å². The van der Waals surface area contributed by atoms with Gasteiger partial charge in [0, 0.05) is 19.0 Å². The monoisotopic (exact) mass is 208 g/mol. The number of hydrogen-bond donors (Lipinski definition) is 2. The molecule has 1 atom stereocenters. The highest BCUT2D eigenvalue weighted by Crippen LogP contribution is 2.33. The van der Waals surface area contributed by atoms with Gasteiger partial charge >= 0.3 is 0 Å². The van der Waals surface area contributed by atoms with E-state index in [0.717, 1.165) is 12.5 Å². The molecule has 0 saturated heterocycles. The van der Waals surface area contributed by atoms with Gasteiger partial charge in [0.2, 0.25) is 5.91 Å². The molecule has 15 heavy (non-hydrogen) atoms. The van der Waals surface area contributed by atoms with Gasteiger partial charge in [-0.2, -0.15) is 0 Å². The van der Waals surface area contributed by atoms with Crippen molar-refractivity contribution < 1.29 is 4.79 Å². The number of terminal acetylenes is 1. The predicted molar refractivity (Wildman–Crippen MR) is 61.3 cm³/mol. The van der Waals surface area contributed by atoms with Crippen molar-refractivity contribution in [3.63, 3.8) is 0 Å². The molecule has 84 valence electrons. The second kappa shape index (κ2) is 6.47. The fourth-order valence-electron chi connectivity index (χ4n) is 1.61. The van der Waals surface area contributed by atoms with Gasteiger partial charge in [-0.3, -0.25) is 4.79 Å². The van der Waals surface area contributed by atoms with Crippen LogP contribution in [0.25, 0.3) is 0 Å². The molecule has 0 aromatic carbocycles. The molecule has 1 unspecified atom stereocenters. The number of amides is 1. The topological polar surface area (TPSA) is 41.1 Å². The highest BCUT2D eigenvalue weighted by Gasteiger charge is 2.23. The first-order valence-corrected chi connectivity index (χ1v) is 5.66. The third-order valence-electron chi connectivity index (χ3n) is 2.62. The van der Waals surface area contributed by atoms with Crippen molar-refractivity contribution in [1.82, 2.24) is 10.6 Å². The van der Waals surface area contributed by atoms with Crippen LogP contribution in [0.1, 0.15) is 32.6 Å². The lowest BCUT2D eigenvalue weighted by molar-refractivity contribution is -0.120. The van der Waals surface area contributed by atoms with E-state index in [0.29, 0.717) is 19.0 Å². The van der Waals surface area contributed by atoms with Crippen LogP contribution in [-0.2, 0) is 4.79 Å². The summed E-state index contributed by atoms with van der Waals surface area (Å²) < 4.78 is 0. The van der Waals surface area contributed by atoms with Gasteiger partial charge in [-0.25, -0.2) is 0 Å². The van der Waals surface area contributed by atoms with E-state index in [9.17, 15) is 4.79 Å². The Bertz CT molecular complexity index is 240. The van der Waals surface area contributed by atoms with Gasteiger partial charge in [-0.15, -0.1) is 6.42 Å². The fraction of sp³-hybridized carbons (Fsp3) is 0.750. The maximum atomic E-state index is 11.2. The lowest BCUT2D eigenvalue weighted by Crippen LogP contribution is -2.32. The van der Waals surface area contributed by atoms with Crippen LogP contribution in [0.15, 0.2) is 0 Å². The highest BCUT2D eigenvalue weighted by atomic mass is 16.1. The van der Waals surface area contributed by atoms with Crippen LogP contribution in [-0.4, -0.2) is 25.0 Å². The summed E-state index contributed by atoms with van der Waals surface area (Å²) in [7, 11) is 0. The summed E-state index contributed by atoms with van der Waals surface area (Å²) in [6, 6.07) is 0.526. The van der Waals surface area contributed by atoms with Crippen molar-refractivity contribution in [2.24, 2.45) is 5.92 Å². The van der Waals surface area contributed by atoms with Gasteiger partial charge in [0.1, 0.15) is 0 Å². The Hall–Kier alpha value is -1.01. The number of carbonyl (C=O) groups excluding carboxylic acids is 1. The summed E-state index contributed by atoms with van der Waals surface area (Å²) in [5, 5.41) is 5.99. The molecule has 1 amide bonds. The summed E-state index contributed by atoms with van der Waals surface area (Å²) in [5.41, 5.74) is 0. The molecule has 3 nitrogen and oxygen atoms in total. The van der Waals surface area contributed by atoms with Crippen LogP contribution in [0, 0.1) is 18.3 Å². The lowest BCUT2D eigenvalue weighted by atomic mass is 10.1. The molecule has 1 saturated carbocycles. The zero-order chi connectivity index (χ0) is 11.1. The Morgan fingerprint density at radius 1 is 1.60 bits per heavy atom. The Morgan fingerprint density at radius 2 is 2.33 bits per heavy atom. The van der Waals surface area contributed by atoms with Gasteiger partial charge < -0.3 is 10.6 Å². The fourth-order valence-corrected chi connectivity index (χ4v) is 1.61. The van der Waals surface area contributed by atoms with Crippen LogP contribution in [0.5, 0.6) is 0 Å². The third-order valence-corrected chi connectivity index (χ3v) is 2.62. The van der Waals surface area contributed by atoms with Crippen LogP contribution in [0.2, 0.25) is 0 Å². The lowest BCUT2D eigenvalue weighted by Gasteiger charge is -2.12. The van der Waals surface area contributed by atoms with Gasteiger partial charge in [0.15, 0.2) is 0 Å². The van der Waals surface area contributed by atoms with Gasteiger partial charge in [-0.1, -0.05) is 18.8 Å². The average Bonchev–Trinajstić information content (AvgIpc) is 2.98. The minimum atomic E-state index is 0.0269. The molecule has 1 aliphatic rings. The zero-order valence-electron chi connectivity index (χ0n) is 9.38. The normalized spacial score (nSPS) is 16.8. The molecule has 0 bridgehead atoms. The Balaban J connectivity index is 1.94. The Labute approximate surface area is 92.0 Å². The first kappa shape index (κ1) is 12.1. The minimum absolute atomic E-state index is 0.0269. The third kappa shape index (κ3) is 6.14. The standard InChI is InChI=1S/C12H20N2O/c1-3-7-14-12(15)6-8-13-10(2)9-11-4-5-11/h1,10-11,13H,4-9H2,2H3,(H,14,15). The second-order valence-corrected chi connectivity index (χ2v) is 4.27. The van der Waals surface area contributed by atoms with Crippen LogP contribution in [0.4, 0.5) is 0 Å². The summed E-state index contributed by atoms with van der Waals surface area (Å²) in [6.45, 7) is 3.25. The SMILES string of the molecule is C#CCNC(=O)CCNC(C)CC1CC1. The quantitative estimate of drug-likeness (QED) is 0.610. The molecule has 1 rings (SSSR count). The summed E-state index contributed by atoms with van der Waals surface area (Å²) in [5.74, 6) is 3.34. The van der Waals surface area contributed by atoms with Crippen LogP contribution < -0.4 is 10.6 Å². The molecule has 1 fully saturated rings. The maximum Gasteiger partial charge on any atom is 0.222 e. The van der Waals surface area contributed by atoms with Crippen molar-refractivity contribution >= 4 is 5.91 Å². The molecular formula is C12H20N2O. The van der Waals surface area contributed by atoms with Crippen LogP contribution >= 0.6 is 0 Å². The molecule has 0 heterocycles. The van der Waals surface area contributed by atoms with Gasteiger partial charge in [0.05, 0.1) is 6.54 Å². The van der Waals surface area contributed by atoms with Gasteiger partial charge in [-0.05, 0) is 19.3 Å². The first-order valence-electron chi connectivity index (χ1n) is 5.66. The predicted octanol–water partition coefficient (Wildman–Crippen LogP) is 0.904. The molecule has 0 aromatic heterocycles. The van der Waals surface area contributed by atoms with E-state index in [2.05, 4.69) is 23.5 Å². The summed E-state index contributed by atoms with van der Waals surface area (Å²) >= 11 is 0. The number of nitrogens with one attached hydrogen (secondary N) is 2. The molecule has 0 spiro atoms.